The van der Waals surface area contributed by atoms with Crippen molar-refractivity contribution in [3.63, 3.8) is 0 Å². The molecule has 0 saturated carbocycles. The van der Waals surface area contributed by atoms with Gasteiger partial charge in [0.2, 0.25) is 0 Å². The second kappa shape index (κ2) is 10.5. The molecule has 0 heterocycles. The van der Waals surface area contributed by atoms with E-state index < -0.39 is 0 Å². The average molecular weight is 380 g/mol. The topological polar surface area (TPSA) is 52.6 Å². The van der Waals surface area contributed by atoms with Crippen molar-refractivity contribution in [2.45, 2.75) is 27.7 Å². The first-order valence-electron chi connectivity index (χ1n) is 9.57. The standard InChI is InChI=1S/C24H28O4/c1-17(2)15-27-23(25)21-11-7-19(8-12-21)5-6-20-9-13-22(14-10-20)24(26)28-16-18(3)4/h5-14,17-18H,15-16H2,1-4H3. The molecule has 0 spiro atoms. The van der Waals surface area contributed by atoms with E-state index in [0.717, 1.165) is 11.1 Å². The van der Waals surface area contributed by atoms with Crippen LogP contribution in [0.2, 0.25) is 0 Å². The van der Waals surface area contributed by atoms with Gasteiger partial charge in [-0.3, -0.25) is 0 Å². The second-order valence-electron chi connectivity index (χ2n) is 7.56. The monoisotopic (exact) mass is 380 g/mol. The molecule has 4 heteroatoms. The zero-order valence-electron chi connectivity index (χ0n) is 17.0. The molecule has 0 unspecified atom stereocenters. The number of hydrogen-bond donors (Lipinski definition) is 0. The Bertz CT molecular complexity index is 730. The van der Waals surface area contributed by atoms with Gasteiger partial charge in [-0.2, -0.15) is 0 Å². The minimum Gasteiger partial charge on any atom is -0.462 e. The summed E-state index contributed by atoms with van der Waals surface area (Å²) >= 11 is 0. The lowest BCUT2D eigenvalue weighted by Gasteiger charge is -2.07. The lowest BCUT2D eigenvalue weighted by atomic mass is 10.1. The van der Waals surface area contributed by atoms with Gasteiger partial charge in [0.1, 0.15) is 0 Å². The van der Waals surface area contributed by atoms with Crippen LogP contribution in [0.5, 0.6) is 0 Å². The van der Waals surface area contributed by atoms with Gasteiger partial charge in [-0.25, -0.2) is 9.59 Å². The molecular weight excluding hydrogens is 352 g/mol. The molecule has 0 aliphatic heterocycles. The van der Waals surface area contributed by atoms with Crippen molar-refractivity contribution >= 4 is 24.1 Å². The maximum absolute atomic E-state index is 11.9. The largest absolute Gasteiger partial charge is 0.462 e. The van der Waals surface area contributed by atoms with Gasteiger partial charge < -0.3 is 9.47 Å². The van der Waals surface area contributed by atoms with Crippen LogP contribution in [0, 0.1) is 11.8 Å². The number of hydrogen-bond acceptors (Lipinski definition) is 4. The summed E-state index contributed by atoms with van der Waals surface area (Å²) in [6, 6.07) is 14.5. The van der Waals surface area contributed by atoms with Crippen LogP contribution in [0.3, 0.4) is 0 Å². The van der Waals surface area contributed by atoms with Gasteiger partial charge in [-0.05, 0) is 47.2 Å². The van der Waals surface area contributed by atoms with Crippen molar-refractivity contribution in [3.8, 4) is 0 Å². The van der Waals surface area contributed by atoms with Crippen LogP contribution in [0.15, 0.2) is 48.5 Å². The fourth-order valence-corrected chi connectivity index (χ4v) is 2.30. The molecule has 2 rings (SSSR count). The van der Waals surface area contributed by atoms with Gasteiger partial charge in [0.15, 0.2) is 0 Å². The highest BCUT2D eigenvalue weighted by molar-refractivity contribution is 5.90. The number of benzene rings is 2. The number of carbonyl (C=O) groups is 2. The number of esters is 2. The third-order valence-electron chi connectivity index (χ3n) is 3.86. The molecule has 0 aliphatic carbocycles. The first-order valence-corrected chi connectivity index (χ1v) is 9.57. The van der Waals surface area contributed by atoms with E-state index in [4.69, 9.17) is 9.47 Å². The smallest absolute Gasteiger partial charge is 0.338 e. The summed E-state index contributed by atoms with van der Waals surface area (Å²) in [6.07, 6.45) is 3.91. The molecule has 28 heavy (non-hydrogen) atoms. The molecule has 2 aromatic carbocycles. The molecule has 0 aromatic heterocycles. The van der Waals surface area contributed by atoms with Crippen LogP contribution in [0.1, 0.15) is 59.5 Å². The Morgan fingerprint density at radius 3 is 1.29 bits per heavy atom. The van der Waals surface area contributed by atoms with E-state index in [0.29, 0.717) is 36.2 Å². The molecular formula is C24H28O4. The summed E-state index contributed by atoms with van der Waals surface area (Å²) in [5.74, 6) is 0.0255. The molecule has 0 atom stereocenters. The van der Waals surface area contributed by atoms with E-state index >= 15 is 0 Å². The Kier molecular flexibility index (Phi) is 8.00. The van der Waals surface area contributed by atoms with E-state index in [2.05, 4.69) is 0 Å². The quantitative estimate of drug-likeness (QED) is 0.449. The molecule has 2 aromatic rings. The Morgan fingerprint density at radius 1 is 0.679 bits per heavy atom. The lowest BCUT2D eigenvalue weighted by molar-refractivity contribution is 0.0450. The summed E-state index contributed by atoms with van der Waals surface area (Å²) < 4.78 is 10.4. The molecule has 4 nitrogen and oxygen atoms in total. The van der Waals surface area contributed by atoms with Gasteiger partial charge in [0.05, 0.1) is 24.3 Å². The molecule has 0 fully saturated rings. The highest BCUT2D eigenvalue weighted by atomic mass is 16.5. The fraction of sp³-hybridized carbons (Fsp3) is 0.333. The van der Waals surface area contributed by atoms with Crippen LogP contribution in [-0.4, -0.2) is 25.2 Å². The Labute approximate surface area is 167 Å². The molecule has 0 amide bonds. The SMILES string of the molecule is CC(C)COC(=O)c1ccc(C=Cc2ccc(C(=O)OCC(C)C)cc2)cc1. The lowest BCUT2D eigenvalue weighted by Crippen LogP contribution is -2.10. The summed E-state index contributed by atoms with van der Waals surface area (Å²) in [7, 11) is 0. The number of rotatable bonds is 8. The second-order valence-corrected chi connectivity index (χ2v) is 7.56. The van der Waals surface area contributed by atoms with Crippen molar-refractivity contribution in [2.75, 3.05) is 13.2 Å². The first kappa shape index (κ1) is 21.4. The minimum absolute atomic E-state index is 0.302. The molecule has 0 bridgehead atoms. The van der Waals surface area contributed by atoms with Gasteiger partial charge in [-0.1, -0.05) is 64.1 Å². The Balaban J connectivity index is 1.94. The summed E-state index contributed by atoms with van der Waals surface area (Å²) in [5.41, 5.74) is 3.03. The summed E-state index contributed by atoms with van der Waals surface area (Å²) in [5, 5.41) is 0. The molecule has 0 radical (unpaired) electrons. The van der Waals surface area contributed by atoms with Crippen LogP contribution in [-0.2, 0) is 9.47 Å². The van der Waals surface area contributed by atoms with Gasteiger partial charge in [0.25, 0.3) is 0 Å². The van der Waals surface area contributed by atoms with Crippen LogP contribution < -0.4 is 0 Å². The molecule has 0 aliphatic rings. The number of ether oxygens (including phenoxy) is 2. The van der Waals surface area contributed by atoms with E-state index in [-0.39, 0.29) is 11.9 Å². The van der Waals surface area contributed by atoms with Crippen LogP contribution in [0.4, 0.5) is 0 Å². The van der Waals surface area contributed by atoms with E-state index in [1.165, 1.54) is 0 Å². The highest BCUT2D eigenvalue weighted by Crippen LogP contribution is 2.13. The van der Waals surface area contributed by atoms with Gasteiger partial charge >= 0.3 is 11.9 Å². The first-order chi connectivity index (χ1) is 13.3. The summed E-state index contributed by atoms with van der Waals surface area (Å²) in [4.78, 5) is 23.9. The normalized spacial score (nSPS) is 11.2. The van der Waals surface area contributed by atoms with E-state index in [1.54, 1.807) is 24.3 Å². The number of carbonyl (C=O) groups excluding carboxylic acids is 2. The van der Waals surface area contributed by atoms with Crippen molar-refractivity contribution in [3.05, 3.63) is 70.8 Å². The molecule has 0 saturated heterocycles. The van der Waals surface area contributed by atoms with Crippen LogP contribution >= 0.6 is 0 Å². The third kappa shape index (κ3) is 7.03. The van der Waals surface area contributed by atoms with Crippen LogP contribution in [0.25, 0.3) is 12.2 Å². The maximum Gasteiger partial charge on any atom is 0.338 e. The summed E-state index contributed by atoms with van der Waals surface area (Å²) in [6.45, 7) is 8.85. The third-order valence-corrected chi connectivity index (χ3v) is 3.86. The Hall–Kier alpha value is -2.88. The molecule has 0 N–H and O–H groups in total. The van der Waals surface area contributed by atoms with Gasteiger partial charge in [0, 0.05) is 0 Å². The highest BCUT2D eigenvalue weighted by Gasteiger charge is 2.08. The maximum atomic E-state index is 11.9. The van der Waals surface area contributed by atoms with Crippen molar-refractivity contribution in [1.29, 1.82) is 0 Å². The minimum atomic E-state index is -0.302. The Morgan fingerprint density at radius 2 is 1.00 bits per heavy atom. The molecule has 148 valence electrons. The average Bonchev–Trinajstić information content (AvgIpc) is 2.69. The van der Waals surface area contributed by atoms with Gasteiger partial charge in [-0.15, -0.1) is 0 Å². The van der Waals surface area contributed by atoms with E-state index in [1.807, 2.05) is 64.1 Å². The van der Waals surface area contributed by atoms with E-state index in [9.17, 15) is 9.59 Å². The van der Waals surface area contributed by atoms with Crippen molar-refractivity contribution in [2.24, 2.45) is 11.8 Å². The zero-order valence-corrected chi connectivity index (χ0v) is 17.0. The van der Waals surface area contributed by atoms with Crippen molar-refractivity contribution < 1.29 is 19.1 Å². The predicted octanol–water partition coefficient (Wildman–Crippen LogP) is 5.48. The zero-order chi connectivity index (χ0) is 20.5. The fourth-order valence-electron chi connectivity index (χ4n) is 2.30. The van der Waals surface area contributed by atoms with Crippen molar-refractivity contribution in [1.82, 2.24) is 0 Å². The predicted molar refractivity (Wildman–Crippen MR) is 112 cm³/mol.